The number of para-hydroxylation sites is 1. The standard InChI is InChI=1S/C17H12ClN5O4S/c1-27-15-8-7-12(9-16(15)28(18,25)26)20-21-14-10-22(11-19)23(17(14)24)13-5-3-2-4-6-13/h2-10H,1H3. The van der Waals surface area contributed by atoms with Crippen molar-refractivity contribution in [2.75, 3.05) is 7.11 Å². The molecule has 0 aliphatic carbocycles. The predicted molar refractivity (Wildman–Crippen MR) is 101 cm³/mol. The molecule has 11 heteroatoms. The average Bonchev–Trinajstić information content (AvgIpc) is 3.01. The summed E-state index contributed by atoms with van der Waals surface area (Å²) in [5, 5.41) is 17.0. The van der Waals surface area contributed by atoms with Gasteiger partial charge in [-0.05, 0) is 30.3 Å². The Balaban J connectivity index is 2.04. The van der Waals surface area contributed by atoms with E-state index in [0.717, 1.165) is 9.36 Å². The summed E-state index contributed by atoms with van der Waals surface area (Å²) in [6.07, 6.45) is 3.09. The number of azo groups is 1. The summed E-state index contributed by atoms with van der Waals surface area (Å²) in [4.78, 5) is 12.3. The van der Waals surface area contributed by atoms with Crippen LogP contribution in [0.2, 0.25) is 0 Å². The summed E-state index contributed by atoms with van der Waals surface area (Å²) in [5.74, 6) is 0.0519. The van der Waals surface area contributed by atoms with E-state index in [0.29, 0.717) is 5.69 Å². The Morgan fingerprint density at radius 1 is 1.14 bits per heavy atom. The van der Waals surface area contributed by atoms with E-state index in [2.05, 4.69) is 10.2 Å². The lowest BCUT2D eigenvalue weighted by atomic mass is 10.3. The number of ether oxygens (including phenoxy) is 1. The molecule has 3 aromatic rings. The van der Waals surface area contributed by atoms with E-state index in [-0.39, 0.29) is 22.0 Å². The second kappa shape index (κ2) is 7.67. The first-order valence-electron chi connectivity index (χ1n) is 7.70. The summed E-state index contributed by atoms with van der Waals surface area (Å²) >= 11 is 0. The molecule has 0 saturated carbocycles. The molecule has 0 atom stereocenters. The Hall–Kier alpha value is -3.42. The molecular weight excluding hydrogens is 406 g/mol. The van der Waals surface area contributed by atoms with E-state index >= 15 is 0 Å². The van der Waals surface area contributed by atoms with Crippen molar-refractivity contribution in [3.63, 3.8) is 0 Å². The van der Waals surface area contributed by atoms with Gasteiger partial charge in [0.25, 0.3) is 14.6 Å². The van der Waals surface area contributed by atoms with E-state index < -0.39 is 14.6 Å². The lowest BCUT2D eigenvalue weighted by molar-refractivity contribution is 0.403. The molecule has 0 saturated heterocycles. The van der Waals surface area contributed by atoms with Gasteiger partial charge in [-0.1, -0.05) is 18.2 Å². The Kier molecular flexibility index (Phi) is 5.30. The number of rotatable bonds is 5. The number of nitrogens with zero attached hydrogens (tertiary/aromatic N) is 5. The largest absolute Gasteiger partial charge is 0.495 e. The zero-order chi connectivity index (χ0) is 20.3. The van der Waals surface area contributed by atoms with E-state index in [1.807, 2.05) is 6.19 Å². The molecule has 3 rings (SSSR count). The van der Waals surface area contributed by atoms with Gasteiger partial charge < -0.3 is 4.74 Å². The van der Waals surface area contributed by atoms with Crippen LogP contribution in [-0.2, 0) is 9.05 Å². The average molecular weight is 418 g/mol. The quantitative estimate of drug-likeness (QED) is 0.466. The Bertz CT molecular complexity index is 1260. The molecular formula is C17H12ClN5O4S. The van der Waals surface area contributed by atoms with Gasteiger partial charge in [-0.2, -0.15) is 15.1 Å². The Morgan fingerprint density at radius 3 is 2.46 bits per heavy atom. The zero-order valence-electron chi connectivity index (χ0n) is 14.4. The van der Waals surface area contributed by atoms with Crippen molar-refractivity contribution in [3.8, 4) is 17.6 Å². The molecule has 2 aromatic carbocycles. The van der Waals surface area contributed by atoms with Crippen molar-refractivity contribution in [2.45, 2.75) is 4.90 Å². The third-order valence-corrected chi connectivity index (χ3v) is 5.00. The van der Waals surface area contributed by atoms with Crippen LogP contribution in [0.25, 0.3) is 5.69 Å². The van der Waals surface area contributed by atoms with Crippen LogP contribution in [0.4, 0.5) is 11.4 Å². The van der Waals surface area contributed by atoms with E-state index in [4.69, 9.17) is 15.4 Å². The summed E-state index contributed by atoms with van der Waals surface area (Å²) in [7, 11) is 2.63. The van der Waals surface area contributed by atoms with Crippen LogP contribution >= 0.6 is 10.7 Å². The molecule has 0 N–H and O–H groups in total. The molecule has 142 valence electrons. The van der Waals surface area contributed by atoms with Crippen molar-refractivity contribution < 1.29 is 13.2 Å². The number of benzene rings is 2. The third kappa shape index (κ3) is 3.80. The van der Waals surface area contributed by atoms with Gasteiger partial charge in [0.2, 0.25) is 6.19 Å². The van der Waals surface area contributed by atoms with Crippen LogP contribution in [0.1, 0.15) is 0 Å². The second-order valence-corrected chi connectivity index (χ2v) is 7.92. The maximum atomic E-state index is 12.6. The van der Waals surface area contributed by atoms with E-state index in [1.165, 1.54) is 31.5 Å². The lowest BCUT2D eigenvalue weighted by Crippen LogP contribution is -2.18. The fraction of sp³-hybridized carbons (Fsp3) is 0.0588. The van der Waals surface area contributed by atoms with Crippen LogP contribution in [0, 0.1) is 11.5 Å². The lowest BCUT2D eigenvalue weighted by Gasteiger charge is -2.05. The molecule has 0 aliphatic heterocycles. The van der Waals surface area contributed by atoms with Gasteiger partial charge in [0.1, 0.15) is 10.6 Å². The van der Waals surface area contributed by atoms with Crippen LogP contribution in [0.3, 0.4) is 0 Å². The minimum Gasteiger partial charge on any atom is -0.495 e. The SMILES string of the molecule is COc1ccc(N=Nc2cn(C#N)n(-c3ccccc3)c2=O)cc1S(=O)(=O)Cl. The molecule has 0 radical (unpaired) electrons. The van der Waals surface area contributed by atoms with Crippen molar-refractivity contribution in [1.82, 2.24) is 9.36 Å². The highest BCUT2D eigenvalue weighted by Crippen LogP contribution is 2.31. The van der Waals surface area contributed by atoms with Gasteiger partial charge in [0.05, 0.1) is 24.7 Å². The minimum atomic E-state index is -4.07. The normalized spacial score (nSPS) is 11.5. The monoisotopic (exact) mass is 417 g/mol. The summed E-state index contributed by atoms with van der Waals surface area (Å²) < 4.78 is 30.4. The zero-order valence-corrected chi connectivity index (χ0v) is 15.9. The summed E-state index contributed by atoms with van der Waals surface area (Å²) in [6.45, 7) is 0. The molecule has 0 aliphatic rings. The molecule has 0 amide bonds. The van der Waals surface area contributed by atoms with Crippen molar-refractivity contribution >= 4 is 31.1 Å². The molecule has 1 heterocycles. The number of halogens is 1. The number of aromatic nitrogens is 2. The minimum absolute atomic E-state index is 0.0519. The van der Waals surface area contributed by atoms with Gasteiger partial charge in [-0.3, -0.25) is 4.79 Å². The first kappa shape index (κ1) is 19.3. The number of hydrogen-bond acceptors (Lipinski definition) is 7. The van der Waals surface area contributed by atoms with E-state index in [9.17, 15) is 18.5 Å². The van der Waals surface area contributed by atoms with Gasteiger partial charge in [0.15, 0.2) is 5.69 Å². The Labute approximate surface area is 164 Å². The maximum absolute atomic E-state index is 12.6. The molecule has 28 heavy (non-hydrogen) atoms. The number of hydrogen-bond donors (Lipinski definition) is 0. The highest BCUT2D eigenvalue weighted by Gasteiger charge is 2.18. The predicted octanol–water partition coefficient (Wildman–Crippen LogP) is 3.32. The first-order chi connectivity index (χ1) is 13.3. The topological polar surface area (TPSA) is 119 Å². The maximum Gasteiger partial charge on any atom is 0.300 e. The van der Waals surface area contributed by atoms with Crippen molar-refractivity contribution in [1.29, 1.82) is 5.26 Å². The van der Waals surface area contributed by atoms with Crippen molar-refractivity contribution in [3.05, 3.63) is 65.1 Å². The van der Waals surface area contributed by atoms with Gasteiger partial charge in [0, 0.05) is 10.7 Å². The van der Waals surface area contributed by atoms with Gasteiger partial charge in [-0.15, -0.1) is 5.11 Å². The fourth-order valence-corrected chi connectivity index (χ4v) is 3.43. The van der Waals surface area contributed by atoms with Crippen LogP contribution in [-0.4, -0.2) is 24.9 Å². The molecule has 0 fully saturated rings. The fourth-order valence-electron chi connectivity index (χ4n) is 2.42. The highest BCUT2D eigenvalue weighted by molar-refractivity contribution is 8.13. The smallest absolute Gasteiger partial charge is 0.300 e. The van der Waals surface area contributed by atoms with Gasteiger partial charge >= 0.3 is 0 Å². The van der Waals surface area contributed by atoms with Gasteiger partial charge in [-0.25, -0.2) is 13.1 Å². The molecule has 0 bridgehead atoms. The summed E-state index contributed by atoms with van der Waals surface area (Å²) in [6, 6.07) is 12.5. The van der Waals surface area contributed by atoms with Crippen LogP contribution in [0.5, 0.6) is 5.75 Å². The third-order valence-electron chi connectivity index (χ3n) is 3.66. The molecule has 9 nitrogen and oxygen atoms in total. The molecule has 0 spiro atoms. The number of methoxy groups -OCH3 is 1. The molecule has 1 aromatic heterocycles. The van der Waals surface area contributed by atoms with Crippen LogP contribution < -0.4 is 10.3 Å². The highest BCUT2D eigenvalue weighted by atomic mass is 35.7. The Morgan fingerprint density at radius 2 is 1.86 bits per heavy atom. The second-order valence-electron chi connectivity index (χ2n) is 5.38. The molecule has 0 unspecified atom stereocenters. The summed E-state index contributed by atoms with van der Waals surface area (Å²) in [5.41, 5.74) is -0.0439. The number of nitriles is 1. The van der Waals surface area contributed by atoms with Crippen molar-refractivity contribution in [2.24, 2.45) is 10.2 Å². The van der Waals surface area contributed by atoms with Crippen LogP contribution in [0.15, 0.2) is 74.6 Å². The van der Waals surface area contributed by atoms with E-state index in [1.54, 1.807) is 30.3 Å². The first-order valence-corrected chi connectivity index (χ1v) is 10.0.